The maximum atomic E-state index is 12.5. The fraction of sp³-hybridized carbons (Fsp3) is 0.385. The third kappa shape index (κ3) is 3.28. The Balaban J connectivity index is 2.19. The molecule has 1 atom stereocenters. The maximum Gasteiger partial charge on any atom is 0.255 e. The van der Waals surface area contributed by atoms with E-state index < -0.39 is 0 Å². The van der Waals surface area contributed by atoms with Gasteiger partial charge in [-0.15, -0.1) is 0 Å². The molecule has 19 heavy (non-hydrogen) atoms. The van der Waals surface area contributed by atoms with Gasteiger partial charge in [0.2, 0.25) is 0 Å². The summed E-state index contributed by atoms with van der Waals surface area (Å²) in [4.78, 5) is 14.3. The minimum atomic E-state index is 0.0224. The van der Waals surface area contributed by atoms with Crippen molar-refractivity contribution in [3.63, 3.8) is 0 Å². The number of nitrogens with zero attached hydrogens (tertiary/aromatic N) is 2. The van der Waals surface area contributed by atoms with Crippen LogP contribution in [-0.4, -0.2) is 34.8 Å². The van der Waals surface area contributed by atoms with Crippen LogP contribution < -0.4 is 0 Å². The number of piperidine rings is 1. The smallest absolute Gasteiger partial charge is 0.255 e. The van der Waals surface area contributed by atoms with Crippen molar-refractivity contribution >= 4 is 50.1 Å². The summed E-state index contributed by atoms with van der Waals surface area (Å²) < 4.78 is 1.85. The number of rotatable bonds is 1. The quantitative estimate of drug-likeness (QED) is 0.417. The van der Waals surface area contributed by atoms with Gasteiger partial charge < -0.3 is 10.1 Å². The summed E-state index contributed by atoms with van der Waals surface area (Å²) in [6.07, 6.45) is 0.630. The number of hydrogen-bond acceptors (Lipinski definition) is 3. The molecule has 102 valence electrons. The molecule has 1 N–H and O–H groups in total. The fourth-order valence-electron chi connectivity index (χ4n) is 2.19. The number of oxime groups is 1. The molecule has 1 amide bonds. The van der Waals surface area contributed by atoms with Crippen molar-refractivity contribution in [2.24, 2.45) is 11.1 Å². The molecular formula is C13H14BrIN2O2. The van der Waals surface area contributed by atoms with E-state index in [0.717, 1.165) is 13.8 Å². The third-order valence-electron chi connectivity index (χ3n) is 3.28. The second-order valence-corrected chi connectivity index (χ2v) is 6.72. The van der Waals surface area contributed by atoms with Crippen LogP contribution in [0.4, 0.5) is 0 Å². The number of halogens is 2. The Morgan fingerprint density at radius 3 is 2.95 bits per heavy atom. The SMILES string of the molecule is CC1CN(C(=O)c2cc(I)ccc2Br)CC/C1=N\O. The molecule has 1 aromatic carbocycles. The highest BCUT2D eigenvalue weighted by Gasteiger charge is 2.27. The molecule has 1 saturated heterocycles. The molecule has 1 unspecified atom stereocenters. The van der Waals surface area contributed by atoms with Crippen LogP contribution in [0.5, 0.6) is 0 Å². The zero-order valence-corrected chi connectivity index (χ0v) is 14.2. The predicted octanol–water partition coefficient (Wildman–Crippen LogP) is 3.37. The summed E-state index contributed by atoms with van der Waals surface area (Å²) in [7, 11) is 0. The molecule has 0 aromatic heterocycles. The highest BCUT2D eigenvalue weighted by molar-refractivity contribution is 14.1. The summed E-state index contributed by atoms with van der Waals surface area (Å²) in [5, 5.41) is 12.2. The lowest BCUT2D eigenvalue weighted by molar-refractivity contribution is 0.0733. The summed E-state index contributed by atoms with van der Waals surface area (Å²) >= 11 is 5.62. The molecular weight excluding hydrogens is 423 g/mol. The Morgan fingerprint density at radius 2 is 2.32 bits per heavy atom. The van der Waals surface area contributed by atoms with Crippen LogP contribution in [0.15, 0.2) is 27.8 Å². The largest absolute Gasteiger partial charge is 0.411 e. The maximum absolute atomic E-state index is 12.5. The van der Waals surface area contributed by atoms with Crippen LogP contribution in [0.25, 0.3) is 0 Å². The minimum Gasteiger partial charge on any atom is -0.411 e. The van der Waals surface area contributed by atoms with E-state index in [0.29, 0.717) is 25.1 Å². The molecule has 6 heteroatoms. The molecule has 0 saturated carbocycles. The average molecular weight is 437 g/mol. The first-order valence-corrected chi connectivity index (χ1v) is 7.85. The first kappa shape index (κ1) is 14.8. The molecule has 0 spiro atoms. The van der Waals surface area contributed by atoms with Gasteiger partial charge in [-0.1, -0.05) is 12.1 Å². The Hall–Kier alpha value is -0.630. The molecule has 1 aliphatic heterocycles. The molecule has 1 aliphatic rings. The number of likely N-dealkylation sites (tertiary alicyclic amines) is 1. The van der Waals surface area contributed by atoms with Crippen LogP contribution in [0.1, 0.15) is 23.7 Å². The zero-order valence-electron chi connectivity index (χ0n) is 10.4. The third-order valence-corrected chi connectivity index (χ3v) is 4.64. The molecule has 1 aromatic rings. The first-order chi connectivity index (χ1) is 9.02. The summed E-state index contributed by atoms with van der Waals surface area (Å²) in [6, 6.07) is 5.73. The second-order valence-electron chi connectivity index (χ2n) is 4.62. The fourth-order valence-corrected chi connectivity index (χ4v) is 3.10. The first-order valence-electron chi connectivity index (χ1n) is 5.98. The Bertz CT molecular complexity index is 533. The van der Waals surface area contributed by atoms with E-state index in [4.69, 9.17) is 5.21 Å². The normalized spacial score (nSPS) is 21.7. The van der Waals surface area contributed by atoms with Crippen LogP contribution in [0, 0.1) is 9.49 Å². The van der Waals surface area contributed by atoms with E-state index in [2.05, 4.69) is 43.7 Å². The molecule has 1 heterocycles. The Labute approximate surface area is 134 Å². The van der Waals surface area contributed by atoms with Crippen LogP contribution in [-0.2, 0) is 0 Å². The Kier molecular flexibility index (Phi) is 4.83. The van der Waals surface area contributed by atoms with Crippen LogP contribution >= 0.6 is 38.5 Å². The lowest BCUT2D eigenvalue weighted by Gasteiger charge is -2.31. The van der Waals surface area contributed by atoms with E-state index in [9.17, 15) is 4.79 Å². The van der Waals surface area contributed by atoms with E-state index in [1.54, 1.807) is 0 Å². The van der Waals surface area contributed by atoms with E-state index in [1.165, 1.54) is 0 Å². The van der Waals surface area contributed by atoms with Gasteiger partial charge in [0.1, 0.15) is 0 Å². The van der Waals surface area contributed by atoms with Crippen LogP contribution in [0.2, 0.25) is 0 Å². The van der Waals surface area contributed by atoms with Gasteiger partial charge in [-0.25, -0.2) is 0 Å². The zero-order chi connectivity index (χ0) is 14.0. The lowest BCUT2D eigenvalue weighted by atomic mass is 9.97. The Morgan fingerprint density at radius 1 is 1.58 bits per heavy atom. The van der Waals surface area contributed by atoms with Gasteiger partial charge in [0.25, 0.3) is 5.91 Å². The van der Waals surface area contributed by atoms with Crippen molar-refractivity contribution in [1.82, 2.24) is 4.90 Å². The number of benzene rings is 1. The average Bonchev–Trinajstić information content (AvgIpc) is 2.40. The second kappa shape index (κ2) is 6.21. The standard InChI is InChI=1S/C13H14BrIN2O2/c1-8-7-17(5-4-12(8)16-19)13(18)10-6-9(15)2-3-11(10)14/h2-3,6,8,19H,4-5,7H2,1H3/b16-12+. The molecule has 0 aliphatic carbocycles. The van der Waals surface area contributed by atoms with Crippen molar-refractivity contribution in [3.8, 4) is 0 Å². The summed E-state index contributed by atoms with van der Waals surface area (Å²) in [6.45, 7) is 3.16. The number of carbonyl (C=O) groups excluding carboxylic acids is 1. The van der Waals surface area contributed by atoms with Gasteiger partial charge in [-0.3, -0.25) is 4.79 Å². The summed E-state index contributed by atoms with van der Waals surface area (Å²) in [5.74, 6) is 0.124. The van der Waals surface area contributed by atoms with Gasteiger partial charge in [0, 0.05) is 33.5 Å². The van der Waals surface area contributed by atoms with Gasteiger partial charge in [-0.2, -0.15) is 0 Å². The highest BCUT2D eigenvalue weighted by atomic mass is 127. The van der Waals surface area contributed by atoms with Gasteiger partial charge in [-0.05, 0) is 56.7 Å². The molecule has 0 radical (unpaired) electrons. The van der Waals surface area contributed by atoms with Crippen LogP contribution in [0.3, 0.4) is 0 Å². The van der Waals surface area contributed by atoms with Gasteiger partial charge in [0.15, 0.2) is 0 Å². The minimum absolute atomic E-state index is 0.0224. The molecule has 2 rings (SSSR count). The number of hydrogen-bond donors (Lipinski definition) is 1. The number of amides is 1. The topological polar surface area (TPSA) is 52.9 Å². The lowest BCUT2D eigenvalue weighted by Crippen LogP contribution is -2.43. The van der Waals surface area contributed by atoms with Gasteiger partial charge in [0.05, 0.1) is 11.3 Å². The van der Waals surface area contributed by atoms with E-state index in [1.807, 2.05) is 30.0 Å². The highest BCUT2D eigenvalue weighted by Crippen LogP contribution is 2.23. The molecule has 0 bridgehead atoms. The van der Waals surface area contributed by atoms with Crippen molar-refractivity contribution in [2.45, 2.75) is 13.3 Å². The van der Waals surface area contributed by atoms with Gasteiger partial charge >= 0.3 is 0 Å². The monoisotopic (exact) mass is 436 g/mol. The van der Waals surface area contributed by atoms with E-state index in [-0.39, 0.29) is 11.8 Å². The van der Waals surface area contributed by atoms with Crippen molar-refractivity contribution in [1.29, 1.82) is 0 Å². The van der Waals surface area contributed by atoms with Crippen molar-refractivity contribution in [3.05, 3.63) is 31.8 Å². The molecule has 1 fully saturated rings. The van der Waals surface area contributed by atoms with Crippen molar-refractivity contribution in [2.75, 3.05) is 13.1 Å². The molecule has 4 nitrogen and oxygen atoms in total. The summed E-state index contributed by atoms with van der Waals surface area (Å²) in [5.41, 5.74) is 1.45. The predicted molar refractivity (Wildman–Crippen MR) is 85.8 cm³/mol. The number of carbonyl (C=O) groups is 1. The van der Waals surface area contributed by atoms with Crippen molar-refractivity contribution < 1.29 is 10.0 Å². The van der Waals surface area contributed by atoms with E-state index >= 15 is 0 Å².